The summed E-state index contributed by atoms with van der Waals surface area (Å²) >= 11 is 0. The molecule has 0 spiro atoms. The lowest BCUT2D eigenvalue weighted by Crippen LogP contribution is -2.47. The van der Waals surface area contributed by atoms with Gasteiger partial charge in [0.2, 0.25) is 10.0 Å². The van der Waals surface area contributed by atoms with Crippen molar-refractivity contribution in [2.75, 3.05) is 13.1 Å². The number of hydrogen-bond donors (Lipinski definition) is 4. The molecular formula is C20H25N3O5S. The summed E-state index contributed by atoms with van der Waals surface area (Å²) in [7, 11) is -3.95. The van der Waals surface area contributed by atoms with Crippen molar-refractivity contribution in [3.8, 4) is 11.5 Å². The molecule has 1 atom stereocenters. The number of hydroxylamine groups is 1. The molecule has 4 N–H and O–H groups in total. The lowest BCUT2D eigenvalue weighted by molar-refractivity contribution is -0.131. The third-order valence-corrected chi connectivity index (χ3v) is 6.35. The Labute approximate surface area is 170 Å². The number of para-hydroxylation sites is 1. The third kappa shape index (κ3) is 6.01. The van der Waals surface area contributed by atoms with Gasteiger partial charge in [-0.15, -0.1) is 0 Å². The first kappa shape index (κ1) is 21.3. The molecule has 0 bridgehead atoms. The van der Waals surface area contributed by atoms with Crippen molar-refractivity contribution in [2.24, 2.45) is 5.92 Å². The average Bonchev–Trinajstić information content (AvgIpc) is 2.74. The van der Waals surface area contributed by atoms with E-state index in [2.05, 4.69) is 10.0 Å². The molecule has 9 heteroatoms. The predicted molar refractivity (Wildman–Crippen MR) is 107 cm³/mol. The molecule has 2 aromatic rings. The highest BCUT2D eigenvalue weighted by atomic mass is 32.2. The zero-order valence-corrected chi connectivity index (χ0v) is 16.7. The largest absolute Gasteiger partial charge is 0.457 e. The Morgan fingerprint density at radius 1 is 1.07 bits per heavy atom. The number of sulfonamides is 1. The number of carbonyl (C=O) groups excluding carboxylic acids is 1. The van der Waals surface area contributed by atoms with Gasteiger partial charge in [0, 0.05) is 0 Å². The number of amides is 1. The highest BCUT2D eigenvalue weighted by Gasteiger charge is 2.29. The normalized spacial score (nSPS) is 16.2. The van der Waals surface area contributed by atoms with E-state index in [9.17, 15) is 13.2 Å². The second-order valence-corrected chi connectivity index (χ2v) is 8.68. The third-order valence-electron chi connectivity index (χ3n) is 4.86. The van der Waals surface area contributed by atoms with Gasteiger partial charge in [0.25, 0.3) is 5.91 Å². The minimum Gasteiger partial charge on any atom is -0.457 e. The Bertz CT molecular complexity index is 897. The Morgan fingerprint density at radius 3 is 2.31 bits per heavy atom. The van der Waals surface area contributed by atoms with Crippen LogP contribution in [0.1, 0.15) is 19.3 Å². The molecule has 1 unspecified atom stereocenters. The first-order valence-electron chi connectivity index (χ1n) is 9.48. The maximum Gasteiger partial charge on any atom is 0.261 e. The van der Waals surface area contributed by atoms with Crippen molar-refractivity contribution in [2.45, 2.75) is 30.2 Å². The molecule has 0 aromatic heterocycles. The predicted octanol–water partition coefficient (Wildman–Crippen LogP) is 2.02. The summed E-state index contributed by atoms with van der Waals surface area (Å²) in [6.07, 6.45) is 2.02. The Hall–Kier alpha value is -2.46. The fourth-order valence-corrected chi connectivity index (χ4v) is 4.51. The molecule has 0 aliphatic carbocycles. The van der Waals surface area contributed by atoms with Gasteiger partial charge in [-0.25, -0.2) is 13.9 Å². The molecule has 1 amide bonds. The monoisotopic (exact) mass is 419 g/mol. The van der Waals surface area contributed by atoms with Gasteiger partial charge in [0.05, 0.1) is 4.90 Å². The van der Waals surface area contributed by atoms with Gasteiger partial charge in [-0.2, -0.15) is 4.72 Å². The van der Waals surface area contributed by atoms with E-state index in [-0.39, 0.29) is 10.8 Å². The van der Waals surface area contributed by atoms with Crippen LogP contribution in [0, 0.1) is 5.92 Å². The highest BCUT2D eigenvalue weighted by molar-refractivity contribution is 7.89. The number of ether oxygens (including phenoxy) is 1. The molecule has 1 aliphatic rings. The van der Waals surface area contributed by atoms with E-state index in [1.54, 1.807) is 29.7 Å². The summed E-state index contributed by atoms with van der Waals surface area (Å²) < 4.78 is 33.6. The average molecular weight is 420 g/mol. The topological polar surface area (TPSA) is 117 Å². The van der Waals surface area contributed by atoms with Crippen LogP contribution in [0.15, 0.2) is 59.5 Å². The SMILES string of the molecule is O=C(NO)C(CC1CCNCC1)NS(=O)(=O)c1ccc(Oc2ccccc2)cc1. The van der Waals surface area contributed by atoms with Gasteiger partial charge in [0.1, 0.15) is 17.5 Å². The molecule has 156 valence electrons. The molecule has 1 heterocycles. The van der Waals surface area contributed by atoms with Crippen molar-refractivity contribution in [3.63, 3.8) is 0 Å². The summed E-state index contributed by atoms with van der Waals surface area (Å²) in [5, 5.41) is 12.2. The quantitative estimate of drug-likeness (QED) is 0.384. The summed E-state index contributed by atoms with van der Waals surface area (Å²) in [5.74, 6) is 0.566. The van der Waals surface area contributed by atoms with Gasteiger partial charge in [-0.3, -0.25) is 10.0 Å². The van der Waals surface area contributed by atoms with E-state index >= 15 is 0 Å². The van der Waals surface area contributed by atoms with Gasteiger partial charge in [-0.05, 0) is 74.7 Å². The summed E-state index contributed by atoms with van der Waals surface area (Å²) in [4.78, 5) is 12.0. The van der Waals surface area contributed by atoms with Crippen molar-refractivity contribution in [3.05, 3.63) is 54.6 Å². The van der Waals surface area contributed by atoms with E-state index in [1.165, 1.54) is 12.1 Å². The van der Waals surface area contributed by atoms with E-state index in [0.29, 0.717) is 17.9 Å². The Balaban J connectivity index is 1.69. The molecule has 0 radical (unpaired) electrons. The minimum atomic E-state index is -3.95. The molecule has 3 rings (SSSR count). The summed E-state index contributed by atoms with van der Waals surface area (Å²) in [6, 6.07) is 14.0. The molecule has 8 nitrogen and oxygen atoms in total. The summed E-state index contributed by atoms with van der Waals surface area (Å²) in [6.45, 7) is 1.65. The second-order valence-electron chi connectivity index (χ2n) is 6.97. The number of piperidine rings is 1. The van der Waals surface area contributed by atoms with Crippen molar-refractivity contribution >= 4 is 15.9 Å². The van der Waals surface area contributed by atoms with Gasteiger partial charge in [0.15, 0.2) is 0 Å². The van der Waals surface area contributed by atoms with Crippen LogP contribution in [0.5, 0.6) is 11.5 Å². The van der Waals surface area contributed by atoms with Crippen LogP contribution in [0.3, 0.4) is 0 Å². The zero-order valence-electron chi connectivity index (χ0n) is 15.9. The van der Waals surface area contributed by atoms with E-state index in [0.717, 1.165) is 25.9 Å². The van der Waals surface area contributed by atoms with Crippen LogP contribution < -0.4 is 20.3 Å². The van der Waals surface area contributed by atoms with E-state index in [1.807, 2.05) is 18.2 Å². The molecule has 0 saturated carbocycles. The van der Waals surface area contributed by atoms with Crippen LogP contribution >= 0.6 is 0 Å². The lowest BCUT2D eigenvalue weighted by atomic mass is 9.91. The van der Waals surface area contributed by atoms with Crippen molar-refractivity contribution in [1.29, 1.82) is 0 Å². The van der Waals surface area contributed by atoms with Crippen LogP contribution in [-0.4, -0.2) is 38.7 Å². The van der Waals surface area contributed by atoms with E-state index < -0.39 is 22.0 Å². The Morgan fingerprint density at radius 2 is 1.69 bits per heavy atom. The van der Waals surface area contributed by atoms with Gasteiger partial charge in [-0.1, -0.05) is 18.2 Å². The summed E-state index contributed by atoms with van der Waals surface area (Å²) in [5.41, 5.74) is 1.56. The van der Waals surface area contributed by atoms with Gasteiger partial charge < -0.3 is 10.1 Å². The van der Waals surface area contributed by atoms with Crippen molar-refractivity contribution < 1.29 is 23.2 Å². The second kappa shape index (κ2) is 9.84. The van der Waals surface area contributed by atoms with Crippen LogP contribution in [0.2, 0.25) is 0 Å². The molecular weight excluding hydrogens is 394 g/mol. The van der Waals surface area contributed by atoms with Crippen molar-refractivity contribution in [1.82, 2.24) is 15.5 Å². The molecule has 29 heavy (non-hydrogen) atoms. The maximum absolute atomic E-state index is 12.7. The minimum absolute atomic E-state index is 0.0129. The smallest absolute Gasteiger partial charge is 0.261 e. The number of nitrogens with one attached hydrogen (secondary N) is 3. The van der Waals surface area contributed by atoms with Crippen LogP contribution in [0.25, 0.3) is 0 Å². The first-order chi connectivity index (χ1) is 14.0. The Kier molecular flexibility index (Phi) is 7.21. The molecule has 1 aliphatic heterocycles. The first-order valence-corrected chi connectivity index (χ1v) is 11.0. The highest BCUT2D eigenvalue weighted by Crippen LogP contribution is 2.23. The fraction of sp³-hybridized carbons (Fsp3) is 0.350. The van der Waals surface area contributed by atoms with Crippen LogP contribution in [0.4, 0.5) is 0 Å². The lowest BCUT2D eigenvalue weighted by Gasteiger charge is -2.26. The van der Waals surface area contributed by atoms with E-state index in [4.69, 9.17) is 9.94 Å². The zero-order chi connectivity index (χ0) is 20.7. The number of hydrogen-bond acceptors (Lipinski definition) is 6. The molecule has 1 fully saturated rings. The maximum atomic E-state index is 12.7. The fourth-order valence-electron chi connectivity index (χ4n) is 3.30. The molecule has 2 aromatic carbocycles. The number of carbonyl (C=O) groups is 1. The van der Waals surface area contributed by atoms with Gasteiger partial charge >= 0.3 is 0 Å². The molecule has 1 saturated heterocycles. The standard InChI is InChI=1S/C20H25N3O5S/c24-20(22-25)19(14-15-10-12-21-13-11-15)23-29(26,27)18-8-6-17(7-9-18)28-16-4-2-1-3-5-16/h1-9,15,19,21,23,25H,10-14H2,(H,22,24). The number of rotatable bonds is 8. The van der Waals surface area contributed by atoms with Crippen LogP contribution in [-0.2, 0) is 14.8 Å². The number of benzene rings is 2.